The third kappa shape index (κ3) is 3.92. The summed E-state index contributed by atoms with van der Waals surface area (Å²) in [5.74, 6) is -0.578. The number of carbonyl (C=O) groups excluding carboxylic acids is 1. The first-order chi connectivity index (χ1) is 9.13. The average Bonchev–Trinajstić information content (AvgIpc) is 2.46. The molecular weight excluding hydrogens is 247 g/mol. The molecule has 0 bridgehead atoms. The summed E-state index contributed by atoms with van der Waals surface area (Å²) in [6.45, 7) is 4.76. The molecule has 1 atom stereocenters. The first-order valence-corrected chi connectivity index (χ1v) is 6.33. The number of carbonyl (C=O) groups is 1. The third-order valence-corrected chi connectivity index (χ3v) is 2.90. The quantitative estimate of drug-likeness (QED) is 0.606. The van der Waals surface area contributed by atoms with Crippen LogP contribution < -0.4 is 10.6 Å². The summed E-state index contributed by atoms with van der Waals surface area (Å²) in [7, 11) is 2.88. The number of fused-ring (bicyclic) bond motifs is 1. The van der Waals surface area contributed by atoms with Gasteiger partial charge in [0, 0.05) is 32.3 Å². The van der Waals surface area contributed by atoms with Crippen LogP contribution >= 0.6 is 0 Å². The molecule has 1 heterocycles. The maximum absolute atomic E-state index is 13.3. The second-order valence-corrected chi connectivity index (χ2v) is 3.89. The monoisotopic (exact) mass is 270 g/mol. The Kier molecular flexibility index (Phi) is 7.75. The summed E-state index contributed by atoms with van der Waals surface area (Å²) in [6, 6.07) is 2.97. The van der Waals surface area contributed by atoms with Crippen molar-refractivity contribution < 1.29 is 14.3 Å². The van der Waals surface area contributed by atoms with E-state index < -0.39 is 5.82 Å². The van der Waals surface area contributed by atoms with Crippen molar-refractivity contribution in [3.8, 4) is 0 Å². The number of nitrogens with zero attached hydrogens (tertiary/aromatic N) is 1. The van der Waals surface area contributed by atoms with Crippen molar-refractivity contribution in [3.05, 3.63) is 23.5 Å². The lowest BCUT2D eigenvalue weighted by Crippen LogP contribution is -2.28. The van der Waals surface area contributed by atoms with Crippen LogP contribution in [0.2, 0.25) is 0 Å². The molecule has 108 valence electrons. The predicted octanol–water partition coefficient (Wildman–Crippen LogP) is 2.17. The Hall–Kier alpha value is -1.62. The highest BCUT2D eigenvalue weighted by Crippen LogP contribution is 2.35. The molecule has 0 aromatic heterocycles. The molecule has 0 amide bonds. The number of benzene rings is 1. The fourth-order valence-electron chi connectivity index (χ4n) is 1.97. The first-order valence-electron chi connectivity index (χ1n) is 6.33. The minimum Gasteiger partial charge on any atom is -0.400 e. The Morgan fingerprint density at radius 2 is 2.00 bits per heavy atom. The van der Waals surface area contributed by atoms with Crippen LogP contribution in [0.15, 0.2) is 12.1 Å². The highest BCUT2D eigenvalue weighted by molar-refractivity contribution is 5.73. The van der Waals surface area contributed by atoms with Gasteiger partial charge >= 0.3 is 0 Å². The SMILES string of the molecule is CC.CN1CCC(C=O)c2cc(N)c(F)cc21.CO. The molecule has 0 fully saturated rings. The lowest BCUT2D eigenvalue weighted by atomic mass is 9.91. The molecule has 0 saturated carbocycles. The van der Waals surface area contributed by atoms with Gasteiger partial charge in [-0.25, -0.2) is 4.39 Å². The zero-order valence-corrected chi connectivity index (χ0v) is 12.0. The topological polar surface area (TPSA) is 66.6 Å². The van der Waals surface area contributed by atoms with Gasteiger partial charge < -0.3 is 20.5 Å². The molecule has 19 heavy (non-hydrogen) atoms. The van der Waals surface area contributed by atoms with Crippen molar-refractivity contribution in [2.75, 3.05) is 31.3 Å². The van der Waals surface area contributed by atoms with Gasteiger partial charge in [0.05, 0.1) is 5.69 Å². The van der Waals surface area contributed by atoms with E-state index in [0.717, 1.165) is 37.6 Å². The van der Waals surface area contributed by atoms with E-state index in [1.54, 1.807) is 6.07 Å². The number of nitrogens with two attached hydrogens (primary N) is 1. The van der Waals surface area contributed by atoms with E-state index in [1.807, 2.05) is 25.8 Å². The van der Waals surface area contributed by atoms with Gasteiger partial charge in [-0.3, -0.25) is 0 Å². The Morgan fingerprint density at radius 1 is 1.42 bits per heavy atom. The van der Waals surface area contributed by atoms with Crippen LogP contribution in [0.4, 0.5) is 15.8 Å². The number of hydrogen-bond donors (Lipinski definition) is 2. The molecule has 4 nitrogen and oxygen atoms in total. The molecule has 1 aliphatic heterocycles. The van der Waals surface area contributed by atoms with Crippen LogP contribution in [-0.2, 0) is 4.79 Å². The summed E-state index contributed by atoms with van der Waals surface area (Å²) in [5.41, 5.74) is 7.20. The van der Waals surface area contributed by atoms with Gasteiger partial charge in [-0.15, -0.1) is 0 Å². The minimum atomic E-state index is -0.424. The lowest BCUT2D eigenvalue weighted by molar-refractivity contribution is -0.109. The zero-order valence-electron chi connectivity index (χ0n) is 12.0. The maximum Gasteiger partial charge on any atom is 0.148 e. The molecule has 1 aromatic rings. The number of aldehydes is 1. The molecule has 0 radical (unpaired) electrons. The molecule has 0 aliphatic carbocycles. The summed E-state index contributed by atoms with van der Waals surface area (Å²) in [6.07, 6.45) is 1.67. The van der Waals surface area contributed by atoms with E-state index in [2.05, 4.69) is 0 Å². The normalized spacial score (nSPS) is 16.3. The molecule has 0 saturated heterocycles. The largest absolute Gasteiger partial charge is 0.400 e. The van der Waals surface area contributed by atoms with E-state index >= 15 is 0 Å². The molecule has 0 spiro atoms. The smallest absolute Gasteiger partial charge is 0.148 e. The van der Waals surface area contributed by atoms with Gasteiger partial charge in [-0.1, -0.05) is 13.8 Å². The summed E-state index contributed by atoms with van der Waals surface area (Å²) in [4.78, 5) is 12.8. The van der Waals surface area contributed by atoms with Crippen molar-refractivity contribution in [3.63, 3.8) is 0 Å². The van der Waals surface area contributed by atoms with Crippen molar-refractivity contribution in [2.45, 2.75) is 26.2 Å². The minimum absolute atomic E-state index is 0.107. The van der Waals surface area contributed by atoms with Crippen LogP contribution in [0.3, 0.4) is 0 Å². The Labute approximate surface area is 114 Å². The number of aliphatic hydroxyl groups excluding tert-OH is 1. The van der Waals surface area contributed by atoms with Crippen molar-refractivity contribution >= 4 is 17.7 Å². The van der Waals surface area contributed by atoms with E-state index in [9.17, 15) is 9.18 Å². The Bertz CT molecular complexity index is 411. The van der Waals surface area contributed by atoms with Crippen LogP contribution in [0.1, 0.15) is 31.7 Å². The Morgan fingerprint density at radius 3 is 2.53 bits per heavy atom. The van der Waals surface area contributed by atoms with E-state index in [0.29, 0.717) is 0 Å². The number of rotatable bonds is 1. The zero-order chi connectivity index (χ0) is 15.0. The summed E-state index contributed by atoms with van der Waals surface area (Å²) < 4.78 is 13.3. The van der Waals surface area contributed by atoms with Gasteiger partial charge in [0.2, 0.25) is 0 Å². The Balaban J connectivity index is 0.000000741. The van der Waals surface area contributed by atoms with E-state index in [1.165, 1.54) is 6.07 Å². The molecule has 1 aliphatic rings. The molecule has 1 aromatic carbocycles. The highest BCUT2D eigenvalue weighted by Gasteiger charge is 2.24. The van der Waals surface area contributed by atoms with Crippen LogP contribution in [-0.4, -0.2) is 32.1 Å². The standard InChI is InChI=1S/C11H13FN2O.C2H6.CH4O/c1-14-3-2-7(6-15)8-4-10(13)9(12)5-11(8)14;2*1-2/h4-7H,2-3,13H2,1H3;1-2H3;2H,1H3. The van der Waals surface area contributed by atoms with E-state index in [-0.39, 0.29) is 11.6 Å². The number of anilines is 2. The predicted molar refractivity (Wildman–Crippen MR) is 77.0 cm³/mol. The second-order valence-electron chi connectivity index (χ2n) is 3.89. The van der Waals surface area contributed by atoms with Crippen LogP contribution in [0, 0.1) is 5.82 Å². The molecular formula is C14H23FN2O2. The third-order valence-electron chi connectivity index (χ3n) is 2.90. The lowest BCUT2D eigenvalue weighted by Gasteiger charge is -2.31. The van der Waals surface area contributed by atoms with Crippen molar-refractivity contribution in [1.29, 1.82) is 0 Å². The summed E-state index contributed by atoms with van der Waals surface area (Å²) >= 11 is 0. The highest BCUT2D eigenvalue weighted by atomic mass is 19.1. The molecule has 2 rings (SSSR count). The van der Waals surface area contributed by atoms with Crippen LogP contribution in [0.5, 0.6) is 0 Å². The number of nitrogen functional groups attached to an aromatic ring is 1. The van der Waals surface area contributed by atoms with E-state index in [4.69, 9.17) is 10.8 Å². The number of aliphatic hydroxyl groups is 1. The summed E-state index contributed by atoms with van der Waals surface area (Å²) in [5, 5.41) is 7.00. The van der Waals surface area contributed by atoms with Gasteiger partial charge in [-0.2, -0.15) is 0 Å². The molecule has 3 N–H and O–H groups in total. The fraction of sp³-hybridized carbons (Fsp3) is 0.500. The molecule has 1 unspecified atom stereocenters. The average molecular weight is 270 g/mol. The van der Waals surface area contributed by atoms with Gasteiger partial charge in [0.15, 0.2) is 0 Å². The van der Waals surface area contributed by atoms with Gasteiger partial charge in [0.25, 0.3) is 0 Å². The van der Waals surface area contributed by atoms with Crippen LogP contribution in [0.25, 0.3) is 0 Å². The maximum atomic E-state index is 13.3. The molecule has 5 heteroatoms. The second kappa shape index (κ2) is 8.48. The number of halogens is 1. The number of hydrogen-bond acceptors (Lipinski definition) is 4. The van der Waals surface area contributed by atoms with Gasteiger partial charge in [-0.05, 0) is 24.1 Å². The first kappa shape index (κ1) is 17.4. The van der Waals surface area contributed by atoms with Gasteiger partial charge in [0.1, 0.15) is 12.1 Å². The fourth-order valence-corrected chi connectivity index (χ4v) is 1.97. The van der Waals surface area contributed by atoms with Crippen molar-refractivity contribution in [1.82, 2.24) is 0 Å². The van der Waals surface area contributed by atoms with Crippen molar-refractivity contribution in [2.24, 2.45) is 0 Å².